The van der Waals surface area contributed by atoms with Crippen LogP contribution in [0.15, 0.2) is 170 Å². The van der Waals surface area contributed by atoms with Gasteiger partial charge in [0.15, 0.2) is 0 Å². The zero-order valence-corrected chi connectivity index (χ0v) is 28.2. The third-order valence-corrected chi connectivity index (χ3v) is 9.01. The first kappa shape index (κ1) is 30.8. The lowest BCUT2D eigenvalue weighted by Crippen LogP contribution is -2.15. The SMILES string of the molecule is C=C/C=C\C(=C/C)n1c2ccccc2c2cc(N(C(/C=C\C)=C/C=C(C)C)c3ccc4c(c3)c3ccccc3n4C3=CC=CC3)ccc21. The lowest BCUT2D eigenvalue weighted by molar-refractivity contribution is 1.15. The molecule has 0 N–H and O–H groups in total. The normalized spacial score (nSPS) is 14.0. The van der Waals surface area contributed by atoms with Gasteiger partial charge in [-0.15, -0.1) is 0 Å². The molecule has 1 aliphatic carbocycles. The molecule has 0 bridgehead atoms. The predicted molar refractivity (Wildman–Crippen MR) is 211 cm³/mol. The molecule has 236 valence electrons. The maximum atomic E-state index is 3.90. The summed E-state index contributed by atoms with van der Waals surface area (Å²) in [6, 6.07) is 31.2. The van der Waals surface area contributed by atoms with Gasteiger partial charge in [0.05, 0.1) is 22.1 Å². The van der Waals surface area contributed by atoms with E-state index >= 15 is 0 Å². The van der Waals surface area contributed by atoms with Gasteiger partial charge in [0.1, 0.15) is 0 Å². The van der Waals surface area contributed by atoms with E-state index in [9.17, 15) is 0 Å². The van der Waals surface area contributed by atoms with Crippen LogP contribution in [0.5, 0.6) is 0 Å². The number of hydrogen-bond donors (Lipinski definition) is 0. The van der Waals surface area contributed by atoms with Gasteiger partial charge in [0, 0.05) is 56.4 Å². The van der Waals surface area contributed by atoms with Crippen LogP contribution in [0.2, 0.25) is 0 Å². The van der Waals surface area contributed by atoms with Crippen LogP contribution < -0.4 is 4.90 Å². The Morgan fingerprint density at radius 3 is 2.00 bits per heavy atom. The van der Waals surface area contributed by atoms with E-state index < -0.39 is 0 Å². The largest absolute Gasteiger partial charge is 0.313 e. The lowest BCUT2D eigenvalue weighted by atomic mass is 10.1. The number of hydrogen-bond acceptors (Lipinski definition) is 1. The number of aromatic nitrogens is 2. The Bertz CT molecular complexity index is 2420. The van der Waals surface area contributed by atoms with Gasteiger partial charge in [-0.05, 0) is 101 Å². The third kappa shape index (κ3) is 5.38. The van der Waals surface area contributed by atoms with Crippen LogP contribution in [0.1, 0.15) is 34.1 Å². The number of benzene rings is 4. The molecule has 3 nitrogen and oxygen atoms in total. The van der Waals surface area contributed by atoms with E-state index in [1.807, 2.05) is 12.2 Å². The van der Waals surface area contributed by atoms with Gasteiger partial charge in [-0.2, -0.15) is 0 Å². The van der Waals surface area contributed by atoms with Crippen molar-refractivity contribution in [1.29, 1.82) is 0 Å². The maximum Gasteiger partial charge on any atom is 0.0542 e. The highest BCUT2D eigenvalue weighted by Crippen LogP contribution is 2.41. The number of allylic oxidation sites excluding steroid dienone is 14. The maximum absolute atomic E-state index is 3.90. The molecule has 3 heteroatoms. The Kier molecular flexibility index (Phi) is 8.44. The molecule has 0 saturated carbocycles. The number of fused-ring (bicyclic) bond motifs is 6. The molecule has 1 aliphatic rings. The van der Waals surface area contributed by atoms with E-state index in [1.165, 1.54) is 54.9 Å². The summed E-state index contributed by atoms with van der Waals surface area (Å²) in [6.45, 7) is 12.3. The molecule has 4 aromatic carbocycles. The fraction of sp³-hybridized carbons (Fsp3) is 0.111. The van der Waals surface area contributed by atoms with Crippen molar-refractivity contribution < 1.29 is 0 Å². The van der Waals surface area contributed by atoms with Crippen LogP contribution in [0, 0.1) is 0 Å². The Hall–Kier alpha value is -5.80. The topological polar surface area (TPSA) is 13.1 Å². The van der Waals surface area contributed by atoms with Crippen LogP contribution in [-0.4, -0.2) is 9.13 Å². The average Bonchev–Trinajstić information content (AvgIpc) is 3.83. The van der Waals surface area contributed by atoms with Gasteiger partial charge in [0.25, 0.3) is 0 Å². The summed E-state index contributed by atoms with van der Waals surface area (Å²) in [5.41, 5.74) is 11.8. The molecule has 7 rings (SSSR count). The number of para-hydroxylation sites is 2. The fourth-order valence-electron chi connectivity index (χ4n) is 6.93. The Balaban J connectivity index is 1.49. The van der Waals surface area contributed by atoms with Crippen LogP contribution >= 0.6 is 0 Å². The lowest BCUT2D eigenvalue weighted by Gasteiger charge is -2.27. The van der Waals surface area contributed by atoms with Gasteiger partial charge in [-0.1, -0.05) is 91.1 Å². The first-order chi connectivity index (χ1) is 23.5. The van der Waals surface area contributed by atoms with Crippen molar-refractivity contribution in [3.8, 4) is 0 Å². The highest BCUT2D eigenvalue weighted by atomic mass is 15.1. The second-order valence-corrected chi connectivity index (χ2v) is 12.4. The van der Waals surface area contributed by atoms with E-state index in [1.54, 1.807) is 0 Å². The highest BCUT2D eigenvalue weighted by molar-refractivity contribution is 6.13. The van der Waals surface area contributed by atoms with Gasteiger partial charge in [-0.25, -0.2) is 0 Å². The molecule has 0 fully saturated rings. The molecule has 0 spiro atoms. The molecule has 0 radical (unpaired) electrons. The zero-order valence-electron chi connectivity index (χ0n) is 28.2. The average molecular weight is 624 g/mol. The van der Waals surface area contributed by atoms with Gasteiger partial charge in [0.2, 0.25) is 0 Å². The van der Waals surface area contributed by atoms with Gasteiger partial charge < -0.3 is 14.0 Å². The summed E-state index contributed by atoms with van der Waals surface area (Å²) in [4.78, 5) is 2.39. The van der Waals surface area contributed by atoms with Crippen molar-refractivity contribution in [2.45, 2.75) is 34.1 Å². The van der Waals surface area contributed by atoms with Crippen LogP contribution in [0.25, 0.3) is 55.0 Å². The minimum Gasteiger partial charge on any atom is -0.313 e. The van der Waals surface area contributed by atoms with Crippen molar-refractivity contribution >= 4 is 66.4 Å². The minimum absolute atomic E-state index is 0.935. The Morgan fingerprint density at radius 1 is 0.729 bits per heavy atom. The second kappa shape index (κ2) is 13.1. The molecule has 48 heavy (non-hydrogen) atoms. The Labute approximate surface area is 283 Å². The third-order valence-electron chi connectivity index (χ3n) is 9.01. The molecule has 0 amide bonds. The Morgan fingerprint density at radius 2 is 1.35 bits per heavy atom. The van der Waals surface area contributed by atoms with E-state index in [0.29, 0.717) is 0 Å². The van der Waals surface area contributed by atoms with Crippen LogP contribution in [-0.2, 0) is 0 Å². The quantitative estimate of drug-likeness (QED) is 0.146. The molecule has 0 unspecified atom stereocenters. The van der Waals surface area contributed by atoms with Crippen molar-refractivity contribution in [3.63, 3.8) is 0 Å². The minimum atomic E-state index is 0.935. The van der Waals surface area contributed by atoms with E-state index in [-0.39, 0.29) is 0 Å². The molecule has 6 aromatic rings. The smallest absolute Gasteiger partial charge is 0.0542 e. The van der Waals surface area contributed by atoms with E-state index in [2.05, 4.69) is 188 Å². The van der Waals surface area contributed by atoms with Crippen molar-refractivity contribution in [1.82, 2.24) is 9.13 Å². The monoisotopic (exact) mass is 623 g/mol. The van der Waals surface area contributed by atoms with Crippen molar-refractivity contribution in [2.75, 3.05) is 4.90 Å². The van der Waals surface area contributed by atoms with Crippen LogP contribution in [0.3, 0.4) is 0 Å². The summed E-state index contributed by atoms with van der Waals surface area (Å²) in [5, 5.41) is 4.93. The van der Waals surface area contributed by atoms with Gasteiger partial charge in [-0.3, -0.25) is 0 Å². The summed E-state index contributed by atoms with van der Waals surface area (Å²) in [6.07, 6.45) is 24.4. The zero-order chi connectivity index (χ0) is 33.2. The van der Waals surface area contributed by atoms with Crippen molar-refractivity contribution in [2.24, 2.45) is 0 Å². The molecular weight excluding hydrogens is 583 g/mol. The summed E-state index contributed by atoms with van der Waals surface area (Å²) in [5.74, 6) is 0. The number of anilines is 2. The molecule has 0 aliphatic heterocycles. The highest BCUT2D eigenvalue weighted by Gasteiger charge is 2.20. The molecule has 0 saturated heterocycles. The molecule has 0 atom stereocenters. The molecule has 2 heterocycles. The number of nitrogens with zero attached hydrogens (tertiary/aromatic N) is 3. The molecular formula is C45H41N3. The number of rotatable bonds is 9. The second-order valence-electron chi connectivity index (χ2n) is 12.4. The fourth-order valence-corrected chi connectivity index (χ4v) is 6.93. The van der Waals surface area contributed by atoms with Gasteiger partial charge >= 0.3 is 0 Å². The summed E-state index contributed by atoms with van der Waals surface area (Å²) < 4.78 is 4.77. The first-order valence-electron chi connectivity index (χ1n) is 16.7. The predicted octanol–water partition coefficient (Wildman–Crippen LogP) is 12.9. The summed E-state index contributed by atoms with van der Waals surface area (Å²) >= 11 is 0. The van der Waals surface area contributed by atoms with E-state index in [0.717, 1.165) is 29.2 Å². The first-order valence-corrected chi connectivity index (χ1v) is 16.7. The van der Waals surface area contributed by atoms with Crippen LogP contribution in [0.4, 0.5) is 11.4 Å². The molecule has 2 aromatic heterocycles. The van der Waals surface area contributed by atoms with Crippen molar-refractivity contribution in [3.05, 3.63) is 170 Å². The summed E-state index contributed by atoms with van der Waals surface area (Å²) in [7, 11) is 0. The standard InChI is InChI=1S/C45H41N3/c1-6-9-17-33(8-3)47-42-22-14-12-20-38(42)40-30-36(26-28-44(40)47)46(34(16-7-2)25-24-32(4)5)37-27-29-45-41(31-37)39-21-13-15-23-43(39)48(45)35-18-10-11-19-35/h6-18,20-31H,1,19H2,2-5H3/b16-7-,17-9-,33-8+,34-25+. The van der Waals surface area contributed by atoms with E-state index in [4.69, 9.17) is 0 Å².